The van der Waals surface area contributed by atoms with Gasteiger partial charge in [-0.15, -0.1) is 0 Å². The van der Waals surface area contributed by atoms with Gasteiger partial charge in [0.2, 0.25) is 5.91 Å². The third-order valence-electron chi connectivity index (χ3n) is 5.26. The lowest BCUT2D eigenvalue weighted by Crippen LogP contribution is -2.51. The first-order valence-electron chi connectivity index (χ1n) is 11.5. The smallest absolute Gasteiger partial charge is 0.314 e. The predicted molar refractivity (Wildman–Crippen MR) is 136 cm³/mol. The summed E-state index contributed by atoms with van der Waals surface area (Å²) in [4.78, 5) is 41.3. The standard InChI is InChI=1S/C28H30FN3O4/c1-28(2,3)31-25(33)24(20-10-6-5-7-11-20)32(18-19-14-16-21(36-4)17-15-19)27(35)26(34)30-23-13-9-8-12-22(23)29/h5-17,24H,18H2,1-4H3,(H,30,34)(H,31,33)/t24-/m1/s1. The number of nitrogens with one attached hydrogen (secondary N) is 2. The van der Waals surface area contributed by atoms with Crippen molar-refractivity contribution >= 4 is 23.4 Å². The van der Waals surface area contributed by atoms with Crippen LogP contribution in [0.3, 0.4) is 0 Å². The molecule has 0 heterocycles. The summed E-state index contributed by atoms with van der Waals surface area (Å²) in [5.74, 6) is -2.54. The van der Waals surface area contributed by atoms with Crippen LogP contribution in [0.15, 0.2) is 78.9 Å². The highest BCUT2D eigenvalue weighted by molar-refractivity contribution is 6.39. The van der Waals surface area contributed by atoms with Crippen molar-refractivity contribution in [2.75, 3.05) is 12.4 Å². The number of ether oxygens (including phenoxy) is 1. The first-order chi connectivity index (χ1) is 17.1. The van der Waals surface area contributed by atoms with E-state index in [1.807, 2.05) is 20.8 Å². The number of hydrogen-bond donors (Lipinski definition) is 2. The monoisotopic (exact) mass is 491 g/mol. The number of nitrogens with zero attached hydrogens (tertiary/aromatic N) is 1. The lowest BCUT2D eigenvalue weighted by molar-refractivity contribution is -0.148. The molecular formula is C28H30FN3O4. The SMILES string of the molecule is COc1ccc(CN(C(=O)C(=O)Nc2ccccc2F)[C@@H](C(=O)NC(C)(C)C)c2ccccc2)cc1. The Hall–Kier alpha value is -4.20. The molecule has 0 bridgehead atoms. The Morgan fingerprint density at radius 1 is 0.917 bits per heavy atom. The van der Waals surface area contributed by atoms with Crippen molar-refractivity contribution in [2.24, 2.45) is 0 Å². The average molecular weight is 492 g/mol. The van der Waals surface area contributed by atoms with Crippen LogP contribution >= 0.6 is 0 Å². The molecule has 36 heavy (non-hydrogen) atoms. The number of para-hydroxylation sites is 1. The first kappa shape index (κ1) is 26.4. The normalized spacial score (nSPS) is 11.8. The molecule has 0 aliphatic carbocycles. The summed E-state index contributed by atoms with van der Waals surface area (Å²) in [6, 6.07) is 20.1. The molecular weight excluding hydrogens is 461 g/mol. The number of halogens is 1. The highest BCUT2D eigenvalue weighted by atomic mass is 19.1. The van der Waals surface area contributed by atoms with Gasteiger partial charge in [-0.1, -0.05) is 54.6 Å². The number of carbonyl (C=O) groups is 3. The zero-order chi connectivity index (χ0) is 26.3. The quantitative estimate of drug-likeness (QED) is 0.478. The first-order valence-corrected chi connectivity index (χ1v) is 11.5. The summed E-state index contributed by atoms with van der Waals surface area (Å²) in [6.07, 6.45) is 0. The van der Waals surface area contributed by atoms with Crippen molar-refractivity contribution in [1.82, 2.24) is 10.2 Å². The van der Waals surface area contributed by atoms with Crippen LogP contribution in [-0.2, 0) is 20.9 Å². The van der Waals surface area contributed by atoms with Gasteiger partial charge >= 0.3 is 11.8 Å². The van der Waals surface area contributed by atoms with Gasteiger partial charge in [0.05, 0.1) is 12.8 Å². The van der Waals surface area contributed by atoms with Crippen LogP contribution in [-0.4, -0.2) is 35.3 Å². The maximum absolute atomic E-state index is 14.2. The van der Waals surface area contributed by atoms with Crippen molar-refractivity contribution in [3.63, 3.8) is 0 Å². The summed E-state index contributed by atoms with van der Waals surface area (Å²) in [7, 11) is 1.54. The van der Waals surface area contributed by atoms with E-state index in [0.29, 0.717) is 16.9 Å². The predicted octanol–water partition coefficient (Wildman–Crippen LogP) is 4.46. The molecule has 3 amide bonds. The second kappa shape index (κ2) is 11.5. The number of rotatable bonds is 7. The molecule has 0 saturated carbocycles. The number of hydrogen-bond acceptors (Lipinski definition) is 4. The fourth-order valence-electron chi connectivity index (χ4n) is 3.62. The van der Waals surface area contributed by atoms with Gasteiger partial charge in [-0.05, 0) is 56.2 Å². The van der Waals surface area contributed by atoms with Crippen LogP contribution in [0, 0.1) is 5.82 Å². The molecule has 0 saturated heterocycles. The van der Waals surface area contributed by atoms with Crippen LogP contribution in [0.5, 0.6) is 5.75 Å². The van der Waals surface area contributed by atoms with Crippen molar-refractivity contribution < 1.29 is 23.5 Å². The fraction of sp³-hybridized carbons (Fsp3) is 0.250. The van der Waals surface area contributed by atoms with Crippen LogP contribution in [0.25, 0.3) is 0 Å². The number of methoxy groups -OCH3 is 1. The van der Waals surface area contributed by atoms with E-state index in [1.165, 1.54) is 23.1 Å². The van der Waals surface area contributed by atoms with E-state index in [4.69, 9.17) is 4.74 Å². The summed E-state index contributed by atoms with van der Waals surface area (Å²) >= 11 is 0. The Morgan fingerprint density at radius 2 is 1.53 bits per heavy atom. The van der Waals surface area contributed by atoms with Gasteiger partial charge in [0.25, 0.3) is 0 Å². The minimum absolute atomic E-state index is 0.0509. The van der Waals surface area contributed by atoms with Crippen molar-refractivity contribution in [3.8, 4) is 5.75 Å². The van der Waals surface area contributed by atoms with Gasteiger partial charge in [-0.25, -0.2) is 4.39 Å². The summed E-state index contributed by atoms with van der Waals surface area (Å²) in [6.45, 7) is 5.43. The third-order valence-corrected chi connectivity index (χ3v) is 5.26. The number of amides is 3. The van der Waals surface area contributed by atoms with Gasteiger partial charge in [0.1, 0.15) is 17.6 Å². The molecule has 8 heteroatoms. The molecule has 0 aromatic heterocycles. The van der Waals surface area contributed by atoms with Crippen LogP contribution in [0.4, 0.5) is 10.1 Å². The maximum Gasteiger partial charge on any atom is 0.314 e. The largest absolute Gasteiger partial charge is 0.497 e. The molecule has 2 N–H and O–H groups in total. The third kappa shape index (κ3) is 6.91. The van der Waals surface area contributed by atoms with Crippen molar-refractivity contribution in [1.29, 1.82) is 0 Å². The number of anilines is 1. The van der Waals surface area contributed by atoms with Crippen LogP contribution < -0.4 is 15.4 Å². The molecule has 0 aliphatic rings. The molecule has 3 rings (SSSR count). The second-order valence-electron chi connectivity index (χ2n) is 9.27. The minimum atomic E-state index is -1.12. The summed E-state index contributed by atoms with van der Waals surface area (Å²) < 4.78 is 19.4. The van der Waals surface area contributed by atoms with E-state index in [0.717, 1.165) is 0 Å². The molecule has 188 valence electrons. The van der Waals surface area contributed by atoms with Crippen LogP contribution in [0.1, 0.15) is 37.9 Å². The Kier molecular flexibility index (Phi) is 8.42. The van der Waals surface area contributed by atoms with Gasteiger partial charge in [0.15, 0.2) is 0 Å². The zero-order valence-electron chi connectivity index (χ0n) is 20.7. The topological polar surface area (TPSA) is 87.7 Å². The second-order valence-corrected chi connectivity index (χ2v) is 9.27. The van der Waals surface area contributed by atoms with E-state index in [-0.39, 0.29) is 12.2 Å². The van der Waals surface area contributed by atoms with Gasteiger partial charge < -0.3 is 20.3 Å². The van der Waals surface area contributed by atoms with Crippen LogP contribution in [0.2, 0.25) is 0 Å². The average Bonchev–Trinajstić information content (AvgIpc) is 2.84. The van der Waals surface area contributed by atoms with E-state index in [9.17, 15) is 18.8 Å². The lowest BCUT2D eigenvalue weighted by atomic mass is 10.0. The Balaban J connectivity index is 2.03. The fourth-order valence-corrected chi connectivity index (χ4v) is 3.62. The molecule has 0 fully saturated rings. The van der Waals surface area contributed by atoms with Crippen molar-refractivity contribution in [2.45, 2.75) is 38.9 Å². The summed E-state index contributed by atoms with van der Waals surface area (Å²) in [5.41, 5.74) is 0.483. The lowest BCUT2D eigenvalue weighted by Gasteiger charge is -2.33. The molecule has 0 spiro atoms. The highest BCUT2D eigenvalue weighted by Gasteiger charge is 2.36. The Bertz CT molecular complexity index is 1210. The minimum Gasteiger partial charge on any atom is -0.497 e. The van der Waals surface area contributed by atoms with E-state index in [1.54, 1.807) is 67.8 Å². The molecule has 0 unspecified atom stereocenters. The molecule has 3 aromatic carbocycles. The molecule has 7 nitrogen and oxygen atoms in total. The van der Waals surface area contributed by atoms with Gasteiger partial charge in [0, 0.05) is 12.1 Å². The highest BCUT2D eigenvalue weighted by Crippen LogP contribution is 2.26. The maximum atomic E-state index is 14.2. The summed E-state index contributed by atoms with van der Waals surface area (Å²) in [5, 5.41) is 5.24. The molecule has 0 aliphatic heterocycles. The molecule has 3 aromatic rings. The Morgan fingerprint density at radius 3 is 2.11 bits per heavy atom. The molecule has 0 radical (unpaired) electrons. The van der Waals surface area contributed by atoms with Crippen molar-refractivity contribution in [3.05, 3.63) is 95.8 Å². The van der Waals surface area contributed by atoms with E-state index >= 15 is 0 Å². The zero-order valence-corrected chi connectivity index (χ0v) is 20.7. The van der Waals surface area contributed by atoms with Gasteiger partial charge in [-0.3, -0.25) is 14.4 Å². The van der Waals surface area contributed by atoms with Gasteiger partial charge in [-0.2, -0.15) is 0 Å². The van der Waals surface area contributed by atoms with E-state index in [2.05, 4.69) is 10.6 Å². The number of benzene rings is 3. The number of carbonyl (C=O) groups excluding carboxylic acids is 3. The van der Waals surface area contributed by atoms with E-state index < -0.39 is 35.1 Å². The Labute approximate surface area is 210 Å². The molecule has 1 atom stereocenters.